The van der Waals surface area contributed by atoms with Crippen LogP contribution in [0.15, 0.2) is 4.99 Å². The van der Waals surface area contributed by atoms with E-state index in [0.29, 0.717) is 5.75 Å². The van der Waals surface area contributed by atoms with E-state index in [-0.39, 0.29) is 23.7 Å². The molecule has 3 saturated heterocycles. The topological polar surface area (TPSA) is 568 Å². The van der Waals surface area contributed by atoms with Crippen molar-refractivity contribution >= 4 is 124 Å². The number of carbonyl (C=O) groups is 18. The van der Waals surface area contributed by atoms with Crippen LogP contribution in [0.2, 0.25) is 0 Å². The van der Waals surface area contributed by atoms with Gasteiger partial charge in [0.05, 0.1) is 35.6 Å². The number of amides is 18. The Hall–Kier alpha value is -9.60. The Kier molecular flexibility index (Phi) is 36.7. The Bertz CT molecular complexity index is 3190. The molecule has 0 aromatic rings. The maximum atomic E-state index is 12.6. The van der Waals surface area contributed by atoms with Crippen LogP contribution in [0.25, 0.3) is 0 Å². The van der Waals surface area contributed by atoms with Crippen LogP contribution >= 0.6 is 11.8 Å². The molecule has 39 nitrogen and oxygen atoms in total. The summed E-state index contributed by atoms with van der Waals surface area (Å²) in [7, 11) is 0. The van der Waals surface area contributed by atoms with Crippen LogP contribution in [-0.2, 0) is 86.3 Å². The minimum Gasteiger partial charge on any atom is -0.391 e. The largest absolute Gasteiger partial charge is 0.391 e. The van der Waals surface area contributed by atoms with E-state index in [0.717, 1.165) is 0 Å². The minimum absolute atomic E-state index is 0.00211. The molecule has 0 saturated carbocycles. The highest BCUT2D eigenvalue weighted by atomic mass is 32.2. The summed E-state index contributed by atoms with van der Waals surface area (Å²) in [6.07, 6.45) is 0.298. The smallest absolute Gasteiger partial charge is 0.245 e. The maximum Gasteiger partial charge on any atom is 0.245 e. The predicted octanol–water partition coefficient (Wildman–Crippen LogP) is -8.04. The van der Waals surface area contributed by atoms with E-state index in [1.165, 1.54) is 129 Å². The molecule has 4 aliphatic rings. The molecule has 584 valence electrons. The number of nitrogens with zero attached hydrogens (tertiary/aromatic N) is 1. The van der Waals surface area contributed by atoms with Crippen molar-refractivity contribution in [3.05, 3.63) is 0 Å². The molecular weight excluding hydrogens is 1380 g/mol. The third-order valence-electron chi connectivity index (χ3n) is 16.5. The fourth-order valence-electron chi connectivity index (χ4n) is 9.24. The van der Waals surface area contributed by atoms with Gasteiger partial charge in [-0.2, -0.15) is 0 Å². The van der Waals surface area contributed by atoms with Gasteiger partial charge in [0, 0.05) is 17.9 Å². The summed E-state index contributed by atoms with van der Waals surface area (Å²) in [6, 6.07) is -17.6. The van der Waals surface area contributed by atoms with Crippen LogP contribution in [0.3, 0.4) is 0 Å². The summed E-state index contributed by atoms with van der Waals surface area (Å²) < 4.78 is 0. The molecule has 40 heteroatoms. The molecule has 4 aliphatic heterocycles. The standard InChI is InChI=1S/C22H38N6O7.C21H35N7O6S.C21H35N7O6/c1-9-8-16(29)10(2)23-18(31)12(4)25-20(33)14(6)27-22(35)15(7)28-21(34)13(5)26-19(32)11(3)24-17(9)30;1-8-15(29)23-9(2)17(31)25-11(4)19(33)27-13(6)21-28-14(7-35-21)20(34)26-12(5)18(32)24-10(3)16(30)22-8;1-9-8-22-10(2)16(29)24-12(4)18(31)26-14(6)20(33)28-15(7)21(34)27-13(5)19(32)25-11(3)17(30)23-9/h9-16,29H,8H2,1-7H3,(H,23,31)(H,24,30)(H,25,33)(H,26,32)(H,27,35)(H,28,34);8-14,21,28H,7H2,1-6H3,(H,22,30)(H,23,29)(H,24,32)(H,25,31)(H,26,34)(H,27,33);8-15H,1-7H3,(H,23,30)(H,24,29)(H,25,32)(H,26,31)(H,27,34)(H,28,33). The van der Waals surface area contributed by atoms with E-state index in [4.69, 9.17) is 0 Å². The quantitative estimate of drug-likeness (QED) is 0.107. The lowest BCUT2D eigenvalue weighted by Crippen LogP contribution is -2.57. The molecule has 2 bridgehead atoms. The number of rotatable bonds is 0. The fraction of sp³-hybridized carbons (Fsp3) is 0.703. The zero-order valence-corrected chi connectivity index (χ0v) is 63.2. The van der Waals surface area contributed by atoms with Gasteiger partial charge >= 0.3 is 0 Å². The molecule has 23 atom stereocenters. The van der Waals surface area contributed by atoms with Crippen molar-refractivity contribution in [3.63, 3.8) is 0 Å². The summed E-state index contributed by atoms with van der Waals surface area (Å²) in [5.41, 5.74) is 0. The summed E-state index contributed by atoms with van der Waals surface area (Å²) >= 11 is 1.45. The monoisotopic (exact) mass is 1490 g/mol. The summed E-state index contributed by atoms with van der Waals surface area (Å²) in [5.74, 6) is -10.5. The first-order valence-electron chi connectivity index (χ1n) is 34.2. The van der Waals surface area contributed by atoms with Gasteiger partial charge < -0.3 is 101 Å². The van der Waals surface area contributed by atoms with Crippen LogP contribution in [-0.4, -0.2) is 256 Å². The summed E-state index contributed by atoms with van der Waals surface area (Å²) in [6.45, 7) is 29.8. The Morgan fingerprint density at radius 3 is 0.760 bits per heavy atom. The number of aliphatic imine (C=N–C) groups is 1. The van der Waals surface area contributed by atoms with E-state index in [2.05, 4.69) is 106 Å². The lowest BCUT2D eigenvalue weighted by Gasteiger charge is -2.25. The summed E-state index contributed by atoms with van der Waals surface area (Å²) in [5, 5.41) is 58.7. The van der Waals surface area contributed by atoms with E-state index >= 15 is 0 Å². The zero-order valence-electron chi connectivity index (χ0n) is 62.4. The Morgan fingerprint density at radius 2 is 0.490 bits per heavy atom. The fourth-order valence-corrected chi connectivity index (χ4v) is 10.5. The van der Waals surface area contributed by atoms with Crippen molar-refractivity contribution in [2.24, 2.45) is 10.9 Å². The zero-order chi connectivity index (χ0) is 79.6. The first-order valence-corrected chi connectivity index (χ1v) is 35.3. The first-order chi connectivity index (χ1) is 48.1. The molecule has 0 aromatic carbocycles. The van der Waals surface area contributed by atoms with Crippen molar-refractivity contribution in [1.29, 1.82) is 0 Å². The minimum atomic E-state index is -1.08. The van der Waals surface area contributed by atoms with E-state index in [9.17, 15) is 91.4 Å². The van der Waals surface area contributed by atoms with Gasteiger partial charge in [-0.15, -0.1) is 11.8 Å². The van der Waals surface area contributed by atoms with Crippen molar-refractivity contribution in [1.82, 2.24) is 101 Å². The van der Waals surface area contributed by atoms with Crippen molar-refractivity contribution in [2.75, 3.05) is 5.75 Å². The van der Waals surface area contributed by atoms with E-state index in [1.807, 2.05) is 0 Å². The number of nitrogens with one attached hydrogen (secondary N) is 19. The number of aliphatic hydroxyl groups is 1. The molecular formula is C64H108N20O19S. The SMILES string of the molecule is CC1C=NC(C)C(=O)NC(C)C(=O)NC(C)C(=O)NC(C)C(=O)NC(C)C(=O)NC(C)C(=O)N1.CC1CC(O)C(C)NC(=O)C(C)NC(=O)C(C)NC(=O)C(C)NC(=O)C(C)NC(=O)C(C)NC1=O.CC1NC(=O)C(C)NC(=O)C(C)NC(=O)C2CSC(N2)C(C)NC(=O)C(C)NC(=O)C(C)NC1=O. The average molecular weight is 1490 g/mol. The molecule has 20 N–H and O–H groups in total. The number of hydrogen-bond donors (Lipinski definition) is 20. The second kappa shape index (κ2) is 42.2. The Morgan fingerprint density at radius 1 is 0.279 bits per heavy atom. The van der Waals surface area contributed by atoms with Crippen LogP contribution in [0.4, 0.5) is 0 Å². The normalized spacial score (nSPS) is 35.1. The lowest BCUT2D eigenvalue weighted by molar-refractivity contribution is -0.134. The number of hydrogen-bond acceptors (Lipinski definition) is 22. The molecule has 4 heterocycles. The molecule has 104 heavy (non-hydrogen) atoms. The van der Waals surface area contributed by atoms with Crippen LogP contribution in [0.5, 0.6) is 0 Å². The van der Waals surface area contributed by atoms with Gasteiger partial charge in [0.1, 0.15) is 96.7 Å². The van der Waals surface area contributed by atoms with E-state index in [1.54, 1.807) is 27.7 Å². The van der Waals surface area contributed by atoms with Gasteiger partial charge in [-0.3, -0.25) is 96.6 Å². The molecule has 0 radical (unpaired) electrons. The van der Waals surface area contributed by atoms with Crippen molar-refractivity contribution in [2.45, 2.75) is 277 Å². The number of carbonyl (C=O) groups excluding carboxylic acids is 18. The molecule has 4 rings (SSSR count). The molecule has 0 aliphatic carbocycles. The van der Waals surface area contributed by atoms with Gasteiger partial charge in [-0.05, 0) is 138 Å². The second-order valence-corrected chi connectivity index (χ2v) is 27.7. The van der Waals surface area contributed by atoms with Crippen molar-refractivity contribution in [3.8, 4) is 0 Å². The van der Waals surface area contributed by atoms with Crippen LogP contribution in [0, 0.1) is 5.92 Å². The van der Waals surface area contributed by atoms with Crippen LogP contribution in [0.1, 0.15) is 145 Å². The number of thioether (sulfide) groups is 1. The molecule has 18 amide bonds. The van der Waals surface area contributed by atoms with Crippen LogP contribution < -0.4 is 101 Å². The van der Waals surface area contributed by atoms with Gasteiger partial charge in [0.15, 0.2) is 0 Å². The lowest BCUT2D eigenvalue weighted by atomic mass is 9.98. The van der Waals surface area contributed by atoms with E-state index < -0.39 is 227 Å². The highest BCUT2D eigenvalue weighted by Crippen LogP contribution is 2.22. The third-order valence-corrected chi connectivity index (χ3v) is 17.9. The van der Waals surface area contributed by atoms with Gasteiger partial charge in [0.25, 0.3) is 0 Å². The first kappa shape index (κ1) is 90.5. The maximum absolute atomic E-state index is 12.6. The summed E-state index contributed by atoms with van der Waals surface area (Å²) in [4.78, 5) is 228. The van der Waals surface area contributed by atoms with Gasteiger partial charge in [-0.25, -0.2) is 0 Å². The van der Waals surface area contributed by atoms with Crippen molar-refractivity contribution < 1.29 is 91.4 Å². The molecule has 23 unspecified atom stereocenters. The average Bonchev–Trinajstić information content (AvgIpc) is 1.70. The molecule has 0 aromatic heterocycles. The highest BCUT2D eigenvalue weighted by molar-refractivity contribution is 8.00. The molecule has 3 fully saturated rings. The Balaban J connectivity index is 0.000000530. The van der Waals surface area contributed by atoms with Gasteiger partial charge in [0.2, 0.25) is 106 Å². The molecule has 0 spiro atoms. The predicted molar refractivity (Wildman–Crippen MR) is 378 cm³/mol. The number of aliphatic hydroxyl groups excluding tert-OH is 1. The third kappa shape index (κ3) is 30.0. The van der Waals surface area contributed by atoms with Gasteiger partial charge in [-0.1, -0.05) is 6.92 Å². The number of fused-ring (bicyclic) bond motifs is 2. The Labute approximate surface area is 608 Å². The second-order valence-electron chi connectivity index (χ2n) is 26.5. The highest BCUT2D eigenvalue weighted by Gasteiger charge is 2.37.